The monoisotopic (exact) mass is 283 g/mol. The zero-order chi connectivity index (χ0) is 14.5. The predicted octanol–water partition coefficient (Wildman–Crippen LogP) is 1.36. The van der Waals surface area contributed by atoms with E-state index in [-0.39, 0.29) is 5.75 Å². The van der Waals surface area contributed by atoms with E-state index in [4.69, 9.17) is 0 Å². The highest BCUT2D eigenvalue weighted by atomic mass is 16.3. The van der Waals surface area contributed by atoms with Crippen LogP contribution in [0.2, 0.25) is 0 Å². The van der Waals surface area contributed by atoms with Crippen LogP contribution in [0.25, 0.3) is 0 Å². The van der Waals surface area contributed by atoms with Crippen molar-refractivity contribution in [2.24, 2.45) is 5.10 Å². The van der Waals surface area contributed by atoms with Crippen molar-refractivity contribution < 1.29 is 10.1 Å². The second-order valence-electron chi connectivity index (χ2n) is 5.02. The van der Waals surface area contributed by atoms with Crippen LogP contribution in [0, 0.1) is 0 Å². The number of nitrogens with zero attached hydrogens (tertiary/aromatic N) is 3. The third-order valence-corrected chi connectivity index (χ3v) is 3.55. The molecule has 1 aromatic carbocycles. The minimum atomic E-state index is 0.278. The van der Waals surface area contributed by atoms with E-state index in [1.165, 1.54) is 0 Å². The molecular formula is C16H19N4O+. The van der Waals surface area contributed by atoms with Gasteiger partial charge in [-0.05, 0) is 35.9 Å². The highest BCUT2D eigenvalue weighted by molar-refractivity contribution is 5.79. The molecule has 0 unspecified atom stereocenters. The maximum Gasteiger partial charge on any atom is 0.274 e. The van der Waals surface area contributed by atoms with Crippen molar-refractivity contribution in [2.75, 3.05) is 31.1 Å². The van der Waals surface area contributed by atoms with Gasteiger partial charge in [0.2, 0.25) is 0 Å². The average Bonchev–Trinajstić information content (AvgIpc) is 2.56. The Morgan fingerprint density at radius 2 is 1.76 bits per heavy atom. The van der Waals surface area contributed by atoms with E-state index in [1.807, 2.05) is 36.7 Å². The summed E-state index contributed by atoms with van der Waals surface area (Å²) >= 11 is 0. The number of H-pyrrole nitrogens is 1. The molecule has 5 nitrogen and oxygen atoms in total. The smallest absolute Gasteiger partial charge is 0.274 e. The van der Waals surface area contributed by atoms with E-state index < -0.39 is 0 Å². The number of benzene rings is 1. The Labute approximate surface area is 124 Å². The quantitative estimate of drug-likeness (QED) is 0.865. The summed E-state index contributed by atoms with van der Waals surface area (Å²) in [6.45, 7) is 3.70. The third kappa shape index (κ3) is 3.51. The van der Waals surface area contributed by atoms with Crippen LogP contribution in [-0.4, -0.2) is 42.5 Å². The Morgan fingerprint density at radius 3 is 2.43 bits per heavy atom. The van der Waals surface area contributed by atoms with Crippen molar-refractivity contribution in [3.63, 3.8) is 0 Å². The normalized spacial score (nSPS) is 15.6. The highest BCUT2D eigenvalue weighted by Gasteiger charge is 2.21. The van der Waals surface area contributed by atoms with Gasteiger partial charge in [-0.3, -0.25) is 9.91 Å². The summed E-state index contributed by atoms with van der Waals surface area (Å²) < 4.78 is 0. The van der Waals surface area contributed by atoms with E-state index in [1.54, 1.807) is 12.1 Å². The number of hydrogen-bond acceptors (Lipinski definition) is 4. The first-order valence-corrected chi connectivity index (χ1v) is 7.11. The lowest BCUT2D eigenvalue weighted by Crippen LogP contribution is -2.45. The van der Waals surface area contributed by atoms with E-state index in [9.17, 15) is 5.11 Å². The molecule has 0 aliphatic carbocycles. The van der Waals surface area contributed by atoms with Crippen molar-refractivity contribution >= 4 is 12.0 Å². The second-order valence-corrected chi connectivity index (χ2v) is 5.02. The molecule has 1 saturated heterocycles. The van der Waals surface area contributed by atoms with E-state index >= 15 is 0 Å². The van der Waals surface area contributed by atoms with Gasteiger partial charge < -0.3 is 5.11 Å². The van der Waals surface area contributed by atoms with Gasteiger partial charge in [-0.1, -0.05) is 6.07 Å². The van der Waals surface area contributed by atoms with Crippen molar-refractivity contribution in [1.29, 1.82) is 0 Å². The zero-order valence-corrected chi connectivity index (χ0v) is 11.8. The molecule has 2 heterocycles. The molecule has 0 amide bonds. The minimum Gasteiger partial charge on any atom is -0.508 e. The number of piperazine rings is 1. The molecule has 21 heavy (non-hydrogen) atoms. The topological polar surface area (TPSA) is 53.2 Å². The fourth-order valence-electron chi connectivity index (χ4n) is 2.34. The van der Waals surface area contributed by atoms with Crippen molar-refractivity contribution in [2.45, 2.75) is 0 Å². The summed E-state index contributed by atoms with van der Waals surface area (Å²) in [5.41, 5.74) is 0.992. The highest BCUT2D eigenvalue weighted by Crippen LogP contribution is 2.11. The summed E-state index contributed by atoms with van der Waals surface area (Å²) in [4.78, 5) is 5.59. The Hall–Kier alpha value is -2.56. The lowest BCUT2D eigenvalue weighted by atomic mass is 10.2. The Balaban J connectivity index is 1.55. The largest absolute Gasteiger partial charge is 0.508 e. The molecule has 0 spiro atoms. The van der Waals surface area contributed by atoms with Gasteiger partial charge in [0.1, 0.15) is 18.8 Å². The van der Waals surface area contributed by atoms with Crippen LogP contribution in [0.4, 0.5) is 5.82 Å². The lowest BCUT2D eigenvalue weighted by molar-refractivity contribution is -0.364. The summed E-state index contributed by atoms with van der Waals surface area (Å²) in [5.74, 6) is 1.43. The Morgan fingerprint density at radius 1 is 1.00 bits per heavy atom. The van der Waals surface area contributed by atoms with Crippen LogP contribution < -0.4 is 9.88 Å². The first-order chi connectivity index (χ1) is 10.3. The van der Waals surface area contributed by atoms with E-state index in [0.29, 0.717) is 0 Å². The van der Waals surface area contributed by atoms with Gasteiger partial charge in [-0.15, -0.1) is 0 Å². The summed E-state index contributed by atoms with van der Waals surface area (Å²) in [6.07, 6.45) is 3.79. The number of aromatic hydroxyl groups is 1. The Bertz CT molecular complexity index is 589. The van der Waals surface area contributed by atoms with Gasteiger partial charge in [-0.25, -0.2) is 4.98 Å². The number of phenols is 1. The maximum atomic E-state index is 9.25. The van der Waals surface area contributed by atoms with Crippen molar-refractivity contribution in [3.05, 3.63) is 54.2 Å². The Kier molecular flexibility index (Phi) is 4.00. The van der Waals surface area contributed by atoms with Crippen molar-refractivity contribution in [3.8, 4) is 5.75 Å². The van der Waals surface area contributed by atoms with Crippen molar-refractivity contribution in [1.82, 2.24) is 5.01 Å². The number of anilines is 1. The SMILES string of the molecule is Oc1ccc(C=NN2CCN(c3cccc[nH+]3)CC2)cc1. The van der Waals surface area contributed by atoms with Crippen LogP contribution in [0.3, 0.4) is 0 Å². The zero-order valence-electron chi connectivity index (χ0n) is 11.8. The second kappa shape index (κ2) is 6.26. The number of aromatic amines is 1. The molecule has 108 valence electrons. The fourth-order valence-corrected chi connectivity index (χ4v) is 2.34. The maximum absolute atomic E-state index is 9.25. The number of hydrogen-bond donors (Lipinski definition) is 1. The number of nitrogens with one attached hydrogen (secondary N) is 1. The number of aromatic nitrogens is 1. The fraction of sp³-hybridized carbons (Fsp3) is 0.250. The van der Waals surface area contributed by atoms with Crippen LogP contribution in [0.5, 0.6) is 5.75 Å². The number of rotatable bonds is 3. The van der Waals surface area contributed by atoms with Gasteiger partial charge in [0.15, 0.2) is 0 Å². The number of hydrazone groups is 1. The van der Waals surface area contributed by atoms with Gasteiger partial charge >= 0.3 is 0 Å². The minimum absolute atomic E-state index is 0.278. The molecule has 0 atom stereocenters. The number of phenolic OH excluding ortho intramolecular Hbond substituents is 1. The summed E-state index contributed by atoms with van der Waals surface area (Å²) in [5, 5.41) is 15.8. The molecular weight excluding hydrogens is 264 g/mol. The first-order valence-electron chi connectivity index (χ1n) is 7.11. The molecule has 2 N–H and O–H groups in total. The molecule has 2 aromatic rings. The molecule has 3 rings (SSSR count). The van der Waals surface area contributed by atoms with Crippen LogP contribution >= 0.6 is 0 Å². The summed E-state index contributed by atoms with van der Waals surface area (Å²) in [6, 6.07) is 13.2. The molecule has 0 saturated carbocycles. The first kappa shape index (κ1) is 13.4. The summed E-state index contributed by atoms with van der Waals surface area (Å²) in [7, 11) is 0. The van der Waals surface area contributed by atoms with Crippen LogP contribution in [0.15, 0.2) is 53.8 Å². The number of pyridine rings is 1. The molecule has 1 aromatic heterocycles. The van der Waals surface area contributed by atoms with Gasteiger partial charge in [0.05, 0.1) is 25.5 Å². The molecule has 0 radical (unpaired) electrons. The van der Waals surface area contributed by atoms with Gasteiger partial charge in [0, 0.05) is 6.07 Å². The predicted molar refractivity (Wildman–Crippen MR) is 82.5 cm³/mol. The van der Waals surface area contributed by atoms with Crippen LogP contribution in [-0.2, 0) is 0 Å². The van der Waals surface area contributed by atoms with E-state index in [0.717, 1.165) is 37.6 Å². The average molecular weight is 283 g/mol. The molecule has 1 aliphatic heterocycles. The molecule has 1 aliphatic rings. The lowest BCUT2D eigenvalue weighted by Gasteiger charge is -2.28. The van der Waals surface area contributed by atoms with Gasteiger partial charge in [0.25, 0.3) is 5.82 Å². The van der Waals surface area contributed by atoms with Crippen LogP contribution in [0.1, 0.15) is 5.56 Å². The third-order valence-electron chi connectivity index (χ3n) is 3.55. The van der Waals surface area contributed by atoms with Gasteiger partial charge in [-0.2, -0.15) is 5.10 Å². The standard InChI is InChI=1S/C16H18N4O/c21-15-6-4-14(5-7-15)13-18-20-11-9-19(10-12-20)16-3-1-2-8-17-16/h1-8,13,21H,9-12H2/p+1. The molecule has 1 fully saturated rings. The molecule has 0 bridgehead atoms. The van der Waals surface area contributed by atoms with E-state index in [2.05, 4.69) is 26.1 Å². The molecule has 5 heteroatoms.